The first-order valence-corrected chi connectivity index (χ1v) is 3.57. The molecule has 0 aliphatic rings. The summed E-state index contributed by atoms with van der Waals surface area (Å²) in [6.07, 6.45) is 0. The molecule has 0 atom stereocenters. The highest BCUT2D eigenvalue weighted by Gasteiger charge is 2.04. The van der Waals surface area contributed by atoms with Gasteiger partial charge in [-0.05, 0) is 18.2 Å². The van der Waals surface area contributed by atoms with Crippen molar-refractivity contribution in [2.45, 2.75) is 0 Å². The number of nitrogens with zero attached hydrogens (tertiary/aromatic N) is 2. The molecule has 0 amide bonds. The Morgan fingerprint density at radius 1 is 1.54 bits per heavy atom. The molecule has 0 aliphatic carbocycles. The van der Waals surface area contributed by atoms with Crippen molar-refractivity contribution in [1.29, 1.82) is 0 Å². The van der Waals surface area contributed by atoms with Gasteiger partial charge in [0, 0.05) is 0 Å². The number of ether oxygens (including phenoxy) is 1. The lowest BCUT2D eigenvalue weighted by Gasteiger charge is -1.98. The van der Waals surface area contributed by atoms with Crippen LogP contribution >= 0.6 is 0 Å². The van der Waals surface area contributed by atoms with E-state index < -0.39 is 5.97 Å². The smallest absolute Gasteiger partial charge is 0.337 e. The van der Waals surface area contributed by atoms with Crippen molar-refractivity contribution >= 4 is 11.7 Å². The topological polar surface area (TPSA) is 77.0 Å². The quantitative estimate of drug-likeness (QED) is 0.323. The second-order valence-electron chi connectivity index (χ2n) is 2.26. The lowest BCUT2D eigenvalue weighted by atomic mass is 10.2. The van der Waals surface area contributed by atoms with Gasteiger partial charge >= 0.3 is 5.97 Å². The Balaban J connectivity index is 2.98. The van der Waals surface area contributed by atoms with E-state index in [1.165, 1.54) is 7.11 Å². The number of esters is 1. The van der Waals surface area contributed by atoms with Gasteiger partial charge in [-0.15, -0.1) is 5.11 Å². The Hall–Kier alpha value is -1.91. The van der Waals surface area contributed by atoms with Gasteiger partial charge in [0.1, 0.15) is 0 Å². The fourth-order valence-electron chi connectivity index (χ4n) is 0.880. The molecule has 0 heterocycles. The first-order valence-electron chi connectivity index (χ1n) is 3.57. The number of hydrogen-bond acceptors (Lipinski definition) is 4. The van der Waals surface area contributed by atoms with Crippen LogP contribution < -0.4 is 5.84 Å². The number of rotatable bonds is 2. The second-order valence-corrected chi connectivity index (χ2v) is 2.26. The summed E-state index contributed by atoms with van der Waals surface area (Å²) in [6.45, 7) is 0. The molecule has 0 radical (unpaired) electrons. The predicted octanol–water partition coefficient (Wildman–Crippen LogP) is 1.43. The number of carbonyl (C=O) groups excluding carboxylic acids is 1. The molecule has 0 saturated carbocycles. The molecule has 13 heavy (non-hydrogen) atoms. The van der Waals surface area contributed by atoms with Gasteiger partial charge in [-0.25, -0.2) is 4.79 Å². The van der Waals surface area contributed by atoms with E-state index in [2.05, 4.69) is 15.1 Å². The summed E-state index contributed by atoms with van der Waals surface area (Å²) in [5, 5.41) is 6.68. The molecule has 0 aliphatic heterocycles. The third-order valence-electron chi connectivity index (χ3n) is 1.44. The second kappa shape index (κ2) is 4.20. The van der Waals surface area contributed by atoms with Gasteiger partial charge in [-0.2, -0.15) is 0 Å². The molecule has 68 valence electrons. The van der Waals surface area contributed by atoms with Crippen molar-refractivity contribution in [3.63, 3.8) is 0 Å². The third-order valence-corrected chi connectivity index (χ3v) is 1.44. The molecule has 1 aromatic rings. The number of benzene rings is 1. The van der Waals surface area contributed by atoms with Gasteiger partial charge in [0.05, 0.1) is 18.4 Å². The highest BCUT2D eigenvalue weighted by molar-refractivity contribution is 5.90. The summed E-state index contributed by atoms with van der Waals surface area (Å²) in [7, 11) is 1.32. The van der Waals surface area contributed by atoms with Crippen LogP contribution in [0.15, 0.2) is 34.6 Å². The van der Waals surface area contributed by atoms with Crippen molar-refractivity contribution in [3.8, 4) is 0 Å². The molecule has 2 N–H and O–H groups in total. The fraction of sp³-hybridized carbons (Fsp3) is 0.125. The van der Waals surface area contributed by atoms with Crippen LogP contribution in [0.1, 0.15) is 10.4 Å². The van der Waals surface area contributed by atoms with Crippen LogP contribution in [0.2, 0.25) is 0 Å². The van der Waals surface area contributed by atoms with E-state index in [1.807, 2.05) is 0 Å². The average molecular weight is 179 g/mol. The van der Waals surface area contributed by atoms with Crippen molar-refractivity contribution in [1.82, 2.24) is 0 Å². The molecule has 0 spiro atoms. The Bertz CT molecular complexity index is 336. The van der Waals surface area contributed by atoms with Crippen LogP contribution in [0.5, 0.6) is 0 Å². The predicted molar refractivity (Wildman–Crippen MR) is 46.5 cm³/mol. The van der Waals surface area contributed by atoms with E-state index in [-0.39, 0.29) is 0 Å². The lowest BCUT2D eigenvalue weighted by Crippen LogP contribution is -1.99. The maximum atomic E-state index is 11.0. The summed E-state index contributed by atoms with van der Waals surface area (Å²) in [4.78, 5) is 11.0. The molecular weight excluding hydrogens is 170 g/mol. The van der Waals surface area contributed by atoms with Gasteiger partial charge < -0.3 is 10.6 Å². The van der Waals surface area contributed by atoms with Crippen molar-refractivity contribution in [2.24, 2.45) is 16.2 Å². The molecule has 1 aromatic carbocycles. The standard InChI is InChI=1S/C8H9N3O2/c1-13-8(12)6-3-2-4-7(5-6)10-11-9/h2-5H,1H3,(H2,9,10). The Labute approximate surface area is 75.2 Å². The first kappa shape index (κ1) is 9.18. The number of nitrogens with two attached hydrogens (primary N) is 1. The Kier molecular flexibility index (Phi) is 2.97. The molecule has 0 saturated heterocycles. The first-order chi connectivity index (χ1) is 6.27. The van der Waals surface area contributed by atoms with Gasteiger partial charge in [-0.3, -0.25) is 0 Å². The van der Waals surface area contributed by atoms with Crippen LogP contribution in [0.4, 0.5) is 5.69 Å². The largest absolute Gasteiger partial charge is 0.465 e. The third kappa shape index (κ3) is 2.26. The maximum Gasteiger partial charge on any atom is 0.337 e. The molecule has 0 unspecified atom stereocenters. The number of carbonyl (C=O) groups is 1. The zero-order valence-electron chi connectivity index (χ0n) is 7.10. The van der Waals surface area contributed by atoms with Gasteiger partial charge in [0.25, 0.3) is 0 Å². The van der Waals surface area contributed by atoms with E-state index in [0.29, 0.717) is 11.3 Å². The van der Waals surface area contributed by atoms with Gasteiger partial charge in [-0.1, -0.05) is 11.3 Å². The monoisotopic (exact) mass is 179 g/mol. The summed E-state index contributed by atoms with van der Waals surface area (Å²) in [6, 6.07) is 6.53. The fourth-order valence-corrected chi connectivity index (χ4v) is 0.880. The molecule has 5 nitrogen and oxygen atoms in total. The minimum absolute atomic E-state index is 0.408. The van der Waals surface area contributed by atoms with Crippen molar-refractivity contribution < 1.29 is 9.53 Å². The normalized spacial score (nSPS) is 10.2. The summed E-state index contributed by atoms with van der Waals surface area (Å²) in [5.74, 6) is 4.45. The maximum absolute atomic E-state index is 11.0. The number of hydrogen-bond donors (Lipinski definition) is 1. The van der Waals surface area contributed by atoms with Crippen LogP contribution in [0.3, 0.4) is 0 Å². The zero-order valence-corrected chi connectivity index (χ0v) is 7.10. The van der Waals surface area contributed by atoms with Crippen LogP contribution in [0.25, 0.3) is 0 Å². The van der Waals surface area contributed by atoms with Gasteiger partial charge in [0.15, 0.2) is 0 Å². The van der Waals surface area contributed by atoms with E-state index in [4.69, 9.17) is 5.84 Å². The lowest BCUT2D eigenvalue weighted by molar-refractivity contribution is 0.0601. The van der Waals surface area contributed by atoms with Crippen LogP contribution in [-0.4, -0.2) is 13.1 Å². The van der Waals surface area contributed by atoms with Crippen molar-refractivity contribution in [3.05, 3.63) is 29.8 Å². The molecule has 0 fully saturated rings. The Morgan fingerprint density at radius 3 is 2.92 bits per heavy atom. The van der Waals surface area contributed by atoms with Crippen LogP contribution in [-0.2, 0) is 4.74 Å². The van der Waals surface area contributed by atoms with Crippen LogP contribution in [0, 0.1) is 0 Å². The number of methoxy groups -OCH3 is 1. The van der Waals surface area contributed by atoms with Crippen molar-refractivity contribution in [2.75, 3.05) is 7.11 Å². The summed E-state index contributed by atoms with van der Waals surface area (Å²) in [5.41, 5.74) is 0.942. The highest BCUT2D eigenvalue weighted by Crippen LogP contribution is 2.14. The molecular formula is C8H9N3O2. The van der Waals surface area contributed by atoms with E-state index in [9.17, 15) is 4.79 Å². The minimum Gasteiger partial charge on any atom is -0.465 e. The van der Waals surface area contributed by atoms with E-state index in [1.54, 1.807) is 24.3 Å². The summed E-state index contributed by atoms with van der Waals surface area (Å²) >= 11 is 0. The summed E-state index contributed by atoms with van der Waals surface area (Å²) < 4.78 is 4.53. The van der Waals surface area contributed by atoms with Gasteiger partial charge in [0.2, 0.25) is 0 Å². The molecule has 0 aromatic heterocycles. The van der Waals surface area contributed by atoms with E-state index in [0.717, 1.165) is 0 Å². The Morgan fingerprint density at radius 2 is 2.31 bits per heavy atom. The zero-order chi connectivity index (χ0) is 9.68. The molecule has 5 heteroatoms. The molecule has 1 rings (SSSR count). The van der Waals surface area contributed by atoms with E-state index >= 15 is 0 Å². The minimum atomic E-state index is -0.408. The molecule has 0 bridgehead atoms. The SMILES string of the molecule is COC(=O)c1cccc(N=NN)c1. The highest BCUT2D eigenvalue weighted by atomic mass is 16.5. The average Bonchev–Trinajstić information content (AvgIpc) is 2.18.